The molecular weight excluding hydrogens is 402 g/mol. The molecule has 30 heavy (non-hydrogen) atoms. The number of nitrogens with two attached hydrogens (primary N) is 1. The highest BCUT2D eigenvalue weighted by atomic mass is 32.2. The maximum atomic E-state index is 12.9. The molecule has 4 rings (SSSR count). The minimum Gasteiger partial charge on any atom is -0.366 e. The van der Waals surface area contributed by atoms with Crippen LogP contribution < -0.4 is 11.3 Å². The third kappa shape index (κ3) is 3.48. The summed E-state index contributed by atoms with van der Waals surface area (Å²) in [6, 6.07) is 19.1. The van der Waals surface area contributed by atoms with E-state index in [1.165, 1.54) is 41.2 Å². The summed E-state index contributed by atoms with van der Waals surface area (Å²) in [4.78, 5) is 24.8. The molecular formula is C22H17N3O4S. The van der Waals surface area contributed by atoms with Crippen LogP contribution in [0.3, 0.4) is 0 Å². The fourth-order valence-corrected chi connectivity index (χ4v) is 4.56. The molecule has 0 unspecified atom stereocenters. The number of hydrogen-bond donors (Lipinski definition) is 1. The summed E-state index contributed by atoms with van der Waals surface area (Å²) >= 11 is 0. The van der Waals surface area contributed by atoms with Crippen molar-refractivity contribution in [2.45, 2.75) is 16.3 Å². The Kier molecular flexibility index (Phi) is 4.93. The number of amides is 1. The fraction of sp³-hybridized carbons (Fsp3) is 0.0455. The summed E-state index contributed by atoms with van der Waals surface area (Å²) in [6.07, 6.45) is 1.44. The van der Waals surface area contributed by atoms with Crippen molar-refractivity contribution in [1.29, 1.82) is 0 Å². The summed E-state index contributed by atoms with van der Waals surface area (Å²) in [5.41, 5.74) is 5.89. The average molecular weight is 419 g/mol. The second-order valence-corrected chi connectivity index (χ2v) is 8.64. The number of fused-ring (bicyclic) bond motifs is 1. The first-order valence-electron chi connectivity index (χ1n) is 9.05. The predicted octanol–water partition coefficient (Wildman–Crippen LogP) is 2.38. The van der Waals surface area contributed by atoms with Gasteiger partial charge in [0, 0.05) is 10.9 Å². The molecule has 0 radical (unpaired) electrons. The van der Waals surface area contributed by atoms with E-state index in [0.29, 0.717) is 21.9 Å². The van der Waals surface area contributed by atoms with Crippen LogP contribution in [0.25, 0.3) is 10.8 Å². The molecule has 8 heteroatoms. The average Bonchev–Trinajstić information content (AvgIpc) is 2.76. The normalized spacial score (nSPS) is 11.5. The van der Waals surface area contributed by atoms with Crippen molar-refractivity contribution in [2.75, 3.05) is 0 Å². The van der Waals surface area contributed by atoms with Crippen LogP contribution in [0.4, 0.5) is 0 Å². The summed E-state index contributed by atoms with van der Waals surface area (Å²) in [5, 5.41) is 4.90. The van der Waals surface area contributed by atoms with Crippen LogP contribution in [0.15, 0.2) is 93.6 Å². The number of benzene rings is 3. The molecule has 0 saturated heterocycles. The Bertz CT molecular complexity index is 1430. The molecule has 0 spiro atoms. The summed E-state index contributed by atoms with van der Waals surface area (Å²) in [6.45, 7) is 0.0674. The fourth-order valence-electron chi connectivity index (χ4n) is 3.24. The summed E-state index contributed by atoms with van der Waals surface area (Å²) in [7, 11) is -3.71. The lowest BCUT2D eigenvalue weighted by Crippen LogP contribution is -2.25. The van der Waals surface area contributed by atoms with Crippen molar-refractivity contribution in [3.63, 3.8) is 0 Å². The van der Waals surface area contributed by atoms with Gasteiger partial charge in [-0.1, -0.05) is 36.4 Å². The molecule has 2 N–H and O–H groups in total. The van der Waals surface area contributed by atoms with E-state index in [9.17, 15) is 18.0 Å². The van der Waals surface area contributed by atoms with Gasteiger partial charge in [0.2, 0.25) is 15.7 Å². The number of nitrogens with zero attached hydrogens (tertiary/aromatic N) is 2. The van der Waals surface area contributed by atoms with Gasteiger partial charge in [-0.15, -0.1) is 0 Å². The van der Waals surface area contributed by atoms with E-state index in [-0.39, 0.29) is 16.3 Å². The van der Waals surface area contributed by atoms with E-state index in [1.54, 1.807) is 42.5 Å². The molecule has 0 saturated carbocycles. The van der Waals surface area contributed by atoms with Gasteiger partial charge < -0.3 is 5.73 Å². The van der Waals surface area contributed by atoms with E-state index < -0.39 is 21.3 Å². The van der Waals surface area contributed by atoms with E-state index >= 15 is 0 Å². The molecule has 150 valence electrons. The van der Waals surface area contributed by atoms with Crippen molar-refractivity contribution >= 4 is 26.5 Å². The summed E-state index contributed by atoms with van der Waals surface area (Å²) < 4.78 is 26.9. The number of aromatic nitrogens is 2. The number of sulfone groups is 1. The van der Waals surface area contributed by atoms with Gasteiger partial charge in [0.05, 0.1) is 27.9 Å². The SMILES string of the molecule is NC(=O)c1ccccc1Cn1ncc2cc(S(=O)(=O)c3ccccc3)ccc2c1=O. The van der Waals surface area contributed by atoms with Gasteiger partial charge in [0.25, 0.3) is 5.56 Å². The molecule has 0 aliphatic carbocycles. The highest BCUT2D eigenvalue weighted by molar-refractivity contribution is 7.91. The minimum absolute atomic E-state index is 0.0674. The molecule has 1 amide bonds. The molecule has 0 fully saturated rings. The Labute approximate surface area is 172 Å². The zero-order valence-corrected chi connectivity index (χ0v) is 16.5. The van der Waals surface area contributed by atoms with Crippen LogP contribution in [0.1, 0.15) is 15.9 Å². The topological polar surface area (TPSA) is 112 Å². The highest BCUT2D eigenvalue weighted by Crippen LogP contribution is 2.23. The molecule has 0 aliphatic rings. The maximum Gasteiger partial charge on any atom is 0.274 e. The van der Waals surface area contributed by atoms with Crippen LogP contribution in [-0.2, 0) is 16.4 Å². The summed E-state index contributed by atoms with van der Waals surface area (Å²) in [5.74, 6) is -0.588. The van der Waals surface area contributed by atoms with E-state index in [4.69, 9.17) is 5.73 Å². The number of primary amides is 1. The second kappa shape index (κ2) is 7.57. The first-order valence-corrected chi connectivity index (χ1v) is 10.5. The highest BCUT2D eigenvalue weighted by Gasteiger charge is 2.18. The lowest BCUT2D eigenvalue weighted by atomic mass is 10.1. The van der Waals surface area contributed by atoms with Crippen molar-refractivity contribution in [1.82, 2.24) is 9.78 Å². The van der Waals surface area contributed by atoms with Gasteiger partial charge in [0.1, 0.15) is 0 Å². The maximum absolute atomic E-state index is 12.9. The molecule has 0 aliphatic heterocycles. The number of rotatable bonds is 5. The molecule has 3 aromatic carbocycles. The quantitative estimate of drug-likeness (QED) is 0.534. The van der Waals surface area contributed by atoms with Crippen LogP contribution in [0.5, 0.6) is 0 Å². The Morgan fingerprint density at radius 1 is 0.933 bits per heavy atom. The number of carbonyl (C=O) groups is 1. The van der Waals surface area contributed by atoms with Crippen molar-refractivity contribution in [3.05, 3.63) is 100 Å². The Morgan fingerprint density at radius 3 is 2.37 bits per heavy atom. The molecule has 4 aromatic rings. The minimum atomic E-state index is -3.71. The van der Waals surface area contributed by atoms with E-state index in [0.717, 1.165) is 0 Å². The lowest BCUT2D eigenvalue weighted by molar-refractivity contribution is 0.0999. The van der Waals surface area contributed by atoms with Gasteiger partial charge in [-0.05, 0) is 42.0 Å². The Hall–Kier alpha value is -3.78. The number of hydrogen-bond acceptors (Lipinski definition) is 5. The van der Waals surface area contributed by atoms with Crippen molar-refractivity contribution in [2.24, 2.45) is 5.73 Å². The van der Waals surface area contributed by atoms with E-state index in [2.05, 4.69) is 5.10 Å². The molecule has 1 aromatic heterocycles. The van der Waals surface area contributed by atoms with Gasteiger partial charge in [0.15, 0.2) is 0 Å². The smallest absolute Gasteiger partial charge is 0.274 e. The zero-order valence-electron chi connectivity index (χ0n) is 15.7. The standard InChI is InChI=1S/C22H17N3O4S/c23-21(26)19-9-5-4-6-15(19)14-25-22(27)20-11-10-18(12-16(20)13-24-25)30(28,29)17-7-2-1-3-8-17/h1-13H,14H2,(H2,23,26). The van der Waals surface area contributed by atoms with Gasteiger partial charge in [-0.2, -0.15) is 5.10 Å². The predicted molar refractivity (Wildman–Crippen MR) is 112 cm³/mol. The lowest BCUT2D eigenvalue weighted by Gasteiger charge is -2.10. The molecule has 0 atom stereocenters. The monoisotopic (exact) mass is 419 g/mol. The van der Waals surface area contributed by atoms with Crippen LogP contribution in [0, 0.1) is 0 Å². The van der Waals surface area contributed by atoms with Gasteiger partial charge in [-0.25, -0.2) is 13.1 Å². The molecule has 0 bridgehead atoms. The van der Waals surface area contributed by atoms with Gasteiger partial charge >= 0.3 is 0 Å². The number of carbonyl (C=O) groups excluding carboxylic acids is 1. The van der Waals surface area contributed by atoms with Crippen LogP contribution in [-0.4, -0.2) is 24.1 Å². The zero-order chi connectivity index (χ0) is 21.3. The van der Waals surface area contributed by atoms with Crippen molar-refractivity contribution in [3.8, 4) is 0 Å². The Morgan fingerprint density at radius 2 is 1.63 bits per heavy atom. The Balaban J connectivity index is 1.76. The molecule has 7 nitrogen and oxygen atoms in total. The second-order valence-electron chi connectivity index (χ2n) is 6.69. The first kappa shape index (κ1) is 19.5. The third-order valence-corrected chi connectivity index (χ3v) is 6.56. The van der Waals surface area contributed by atoms with Crippen molar-refractivity contribution < 1.29 is 13.2 Å². The van der Waals surface area contributed by atoms with Gasteiger partial charge in [-0.3, -0.25) is 9.59 Å². The third-order valence-electron chi connectivity index (χ3n) is 4.79. The van der Waals surface area contributed by atoms with Crippen LogP contribution >= 0.6 is 0 Å². The first-order chi connectivity index (χ1) is 14.4. The van der Waals surface area contributed by atoms with Crippen LogP contribution in [0.2, 0.25) is 0 Å². The molecule has 1 heterocycles. The largest absolute Gasteiger partial charge is 0.366 e. The van der Waals surface area contributed by atoms with E-state index in [1.807, 2.05) is 0 Å².